The zero-order chi connectivity index (χ0) is 15.5. The third-order valence-corrected chi connectivity index (χ3v) is 5.22. The first-order chi connectivity index (χ1) is 9.88. The average molecular weight is 369 g/mol. The van der Waals surface area contributed by atoms with E-state index in [1.165, 1.54) is 0 Å². The molecule has 0 fully saturated rings. The van der Waals surface area contributed by atoms with Crippen molar-refractivity contribution in [3.63, 3.8) is 0 Å². The van der Waals surface area contributed by atoms with Crippen LogP contribution in [-0.2, 0) is 16.4 Å². The van der Waals surface area contributed by atoms with Gasteiger partial charge in [-0.15, -0.1) is 0 Å². The van der Waals surface area contributed by atoms with Gasteiger partial charge in [-0.05, 0) is 48.7 Å². The summed E-state index contributed by atoms with van der Waals surface area (Å²) in [7, 11) is -3.50. The van der Waals surface area contributed by atoms with E-state index in [2.05, 4.69) is 20.7 Å². The molecule has 2 aromatic carbocycles. The van der Waals surface area contributed by atoms with Crippen LogP contribution in [0.4, 0.5) is 5.69 Å². The Morgan fingerprint density at radius 2 is 1.81 bits per heavy atom. The predicted molar refractivity (Wildman–Crippen MR) is 88.6 cm³/mol. The second kappa shape index (κ2) is 6.60. The lowest BCUT2D eigenvalue weighted by molar-refractivity contribution is 0.581. The van der Waals surface area contributed by atoms with E-state index in [0.717, 1.165) is 15.6 Å². The standard InChI is InChI=1S/C15H17BrN2O2S/c1-11-2-5-13(16)10-15(11)21(19,20)18-9-8-12-3-6-14(17)7-4-12/h2-7,10,18H,8-9,17H2,1H3. The van der Waals surface area contributed by atoms with Gasteiger partial charge in [0.25, 0.3) is 0 Å². The van der Waals surface area contributed by atoms with Gasteiger partial charge in [-0.3, -0.25) is 0 Å². The van der Waals surface area contributed by atoms with E-state index >= 15 is 0 Å². The van der Waals surface area contributed by atoms with Gasteiger partial charge >= 0.3 is 0 Å². The first kappa shape index (κ1) is 16.0. The van der Waals surface area contributed by atoms with Crippen molar-refractivity contribution in [3.8, 4) is 0 Å². The lowest BCUT2D eigenvalue weighted by Gasteiger charge is -2.10. The van der Waals surface area contributed by atoms with Gasteiger partial charge in [0.2, 0.25) is 10.0 Å². The first-order valence-electron chi connectivity index (χ1n) is 6.49. The van der Waals surface area contributed by atoms with Crippen molar-refractivity contribution in [1.82, 2.24) is 4.72 Å². The van der Waals surface area contributed by atoms with E-state index in [4.69, 9.17) is 5.73 Å². The highest BCUT2D eigenvalue weighted by Crippen LogP contribution is 2.20. The van der Waals surface area contributed by atoms with Crippen LogP contribution in [0.5, 0.6) is 0 Å². The maximum absolute atomic E-state index is 12.3. The lowest BCUT2D eigenvalue weighted by Crippen LogP contribution is -2.26. The van der Waals surface area contributed by atoms with E-state index in [1.807, 2.05) is 30.3 Å². The smallest absolute Gasteiger partial charge is 0.240 e. The molecule has 0 aromatic heterocycles. The molecule has 112 valence electrons. The summed E-state index contributed by atoms with van der Waals surface area (Å²) in [6.07, 6.45) is 0.618. The first-order valence-corrected chi connectivity index (χ1v) is 8.76. The molecule has 0 radical (unpaired) electrons. The van der Waals surface area contributed by atoms with E-state index in [9.17, 15) is 8.42 Å². The Bertz CT molecular complexity index is 728. The Balaban J connectivity index is 2.04. The van der Waals surface area contributed by atoms with Gasteiger partial charge in [0.15, 0.2) is 0 Å². The highest BCUT2D eigenvalue weighted by molar-refractivity contribution is 9.10. The second-order valence-corrected chi connectivity index (χ2v) is 7.45. The summed E-state index contributed by atoms with van der Waals surface area (Å²) in [5.41, 5.74) is 8.07. The van der Waals surface area contributed by atoms with Crippen LogP contribution in [0.2, 0.25) is 0 Å². The summed E-state index contributed by atoms with van der Waals surface area (Å²) in [4.78, 5) is 0.300. The van der Waals surface area contributed by atoms with Crippen molar-refractivity contribution >= 4 is 31.6 Å². The molecule has 0 saturated heterocycles. The third kappa shape index (κ3) is 4.30. The number of anilines is 1. The second-order valence-electron chi connectivity index (χ2n) is 4.80. The van der Waals surface area contributed by atoms with Crippen LogP contribution in [-0.4, -0.2) is 15.0 Å². The fourth-order valence-corrected chi connectivity index (χ4v) is 3.77. The predicted octanol–water partition coefficient (Wildman–Crippen LogP) is 2.86. The maximum Gasteiger partial charge on any atom is 0.240 e. The number of aryl methyl sites for hydroxylation is 1. The molecule has 2 aromatic rings. The molecule has 0 unspecified atom stereocenters. The van der Waals surface area contributed by atoms with Crippen LogP contribution in [0.15, 0.2) is 51.8 Å². The van der Waals surface area contributed by atoms with Crippen molar-refractivity contribution in [1.29, 1.82) is 0 Å². The van der Waals surface area contributed by atoms with Gasteiger partial charge in [0.05, 0.1) is 4.90 Å². The number of nitrogens with two attached hydrogens (primary N) is 1. The molecule has 0 bridgehead atoms. The summed E-state index contributed by atoms with van der Waals surface area (Å²) in [6, 6.07) is 12.6. The van der Waals surface area contributed by atoms with E-state index in [1.54, 1.807) is 19.1 Å². The Morgan fingerprint density at radius 1 is 1.14 bits per heavy atom. The number of nitrogen functional groups attached to an aromatic ring is 1. The number of hydrogen-bond donors (Lipinski definition) is 2. The molecule has 0 amide bonds. The van der Waals surface area contributed by atoms with Gasteiger partial charge < -0.3 is 5.73 Å². The fourth-order valence-electron chi connectivity index (χ4n) is 1.96. The minimum Gasteiger partial charge on any atom is -0.399 e. The molecule has 0 saturated carbocycles. The number of halogens is 1. The minimum absolute atomic E-state index is 0.300. The van der Waals surface area contributed by atoms with Crippen LogP contribution in [0.25, 0.3) is 0 Å². The molecule has 0 heterocycles. The SMILES string of the molecule is Cc1ccc(Br)cc1S(=O)(=O)NCCc1ccc(N)cc1. The van der Waals surface area contributed by atoms with Crippen molar-refractivity contribution in [2.24, 2.45) is 0 Å². The van der Waals surface area contributed by atoms with Crippen LogP contribution in [0.1, 0.15) is 11.1 Å². The summed E-state index contributed by atoms with van der Waals surface area (Å²) in [5.74, 6) is 0. The summed E-state index contributed by atoms with van der Waals surface area (Å²) < 4.78 is 28.0. The van der Waals surface area contributed by atoms with Crippen molar-refractivity contribution < 1.29 is 8.42 Å². The normalized spacial score (nSPS) is 11.5. The van der Waals surface area contributed by atoms with Crippen LogP contribution in [0.3, 0.4) is 0 Å². The van der Waals surface area contributed by atoms with E-state index in [0.29, 0.717) is 23.5 Å². The maximum atomic E-state index is 12.3. The zero-order valence-corrected chi connectivity index (χ0v) is 14.0. The van der Waals surface area contributed by atoms with Gasteiger partial charge in [-0.1, -0.05) is 34.1 Å². The fraction of sp³-hybridized carbons (Fsp3) is 0.200. The molecule has 0 aliphatic rings. The molecule has 0 atom stereocenters. The quantitative estimate of drug-likeness (QED) is 0.796. The number of sulfonamides is 1. The number of rotatable bonds is 5. The molecule has 0 spiro atoms. The molecule has 4 nitrogen and oxygen atoms in total. The summed E-state index contributed by atoms with van der Waals surface area (Å²) in [6.45, 7) is 2.12. The molecule has 0 aliphatic heterocycles. The Kier molecular flexibility index (Phi) is 5.03. The van der Waals surface area contributed by atoms with Gasteiger partial charge in [0, 0.05) is 16.7 Å². The zero-order valence-electron chi connectivity index (χ0n) is 11.6. The monoisotopic (exact) mass is 368 g/mol. The molecular formula is C15H17BrN2O2S. The van der Waals surface area contributed by atoms with Crippen LogP contribution >= 0.6 is 15.9 Å². The van der Waals surface area contributed by atoms with E-state index < -0.39 is 10.0 Å². The van der Waals surface area contributed by atoms with Crippen LogP contribution in [0, 0.1) is 6.92 Å². The highest BCUT2D eigenvalue weighted by Gasteiger charge is 2.16. The van der Waals surface area contributed by atoms with Crippen molar-refractivity contribution in [3.05, 3.63) is 58.1 Å². The average Bonchev–Trinajstić information content (AvgIpc) is 2.43. The van der Waals surface area contributed by atoms with Crippen molar-refractivity contribution in [2.45, 2.75) is 18.2 Å². The Morgan fingerprint density at radius 3 is 2.48 bits per heavy atom. The summed E-state index contributed by atoms with van der Waals surface area (Å²) >= 11 is 3.30. The lowest BCUT2D eigenvalue weighted by atomic mass is 10.1. The molecule has 0 aliphatic carbocycles. The molecule has 3 N–H and O–H groups in total. The highest BCUT2D eigenvalue weighted by atomic mass is 79.9. The number of nitrogens with one attached hydrogen (secondary N) is 1. The molecule has 6 heteroatoms. The van der Waals surface area contributed by atoms with Crippen molar-refractivity contribution in [2.75, 3.05) is 12.3 Å². The van der Waals surface area contributed by atoms with Gasteiger partial charge in [-0.2, -0.15) is 0 Å². The number of benzene rings is 2. The van der Waals surface area contributed by atoms with Gasteiger partial charge in [0.1, 0.15) is 0 Å². The largest absolute Gasteiger partial charge is 0.399 e. The topological polar surface area (TPSA) is 72.2 Å². The minimum atomic E-state index is -3.50. The molecule has 21 heavy (non-hydrogen) atoms. The summed E-state index contributed by atoms with van der Waals surface area (Å²) in [5, 5.41) is 0. The Labute approximate surface area is 133 Å². The number of hydrogen-bond acceptors (Lipinski definition) is 3. The Hall–Kier alpha value is -1.37. The van der Waals surface area contributed by atoms with Crippen LogP contribution < -0.4 is 10.5 Å². The third-order valence-electron chi connectivity index (χ3n) is 3.13. The molecular weight excluding hydrogens is 352 g/mol. The van der Waals surface area contributed by atoms with Gasteiger partial charge in [-0.25, -0.2) is 13.1 Å². The molecule has 2 rings (SSSR count). The van der Waals surface area contributed by atoms with E-state index in [-0.39, 0.29) is 0 Å².